The van der Waals surface area contributed by atoms with Gasteiger partial charge in [0.25, 0.3) is 5.91 Å². The zero-order valence-corrected chi connectivity index (χ0v) is 9.31. The number of aromatic nitrogens is 2. The Balaban J connectivity index is 2.02. The molecule has 1 fully saturated rings. The first kappa shape index (κ1) is 10.2. The van der Waals surface area contributed by atoms with E-state index < -0.39 is 0 Å². The van der Waals surface area contributed by atoms with E-state index in [1.165, 1.54) is 0 Å². The molecule has 0 unspecified atom stereocenters. The molecule has 0 bridgehead atoms. The number of carbonyl (C=O) groups is 1. The molecule has 1 aliphatic rings. The van der Waals surface area contributed by atoms with E-state index in [0.717, 1.165) is 31.8 Å². The molecule has 0 N–H and O–H groups in total. The van der Waals surface area contributed by atoms with Crippen molar-refractivity contribution in [3.05, 3.63) is 18.0 Å². The molecule has 0 aliphatic carbocycles. The number of hydrogen-bond donors (Lipinski definition) is 0. The Hall–Kier alpha value is -1.32. The SMILES string of the molecule is CC1CCN(C(=O)c2cnn(C)c2)CC1. The molecule has 1 aromatic heterocycles. The molecule has 0 aromatic carbocycles. The molecule has 1 aromatic rings. The van der Waals surface area contributed by atoms with E-state index in [0.29, 0.717) is 5.56 Å². The van der Waals surface area contributed by atoms with Crippen LogP contribution in [0.5, 0.6) is 0 Å². The van der Waals surface area contributed by atoms with Gasteiger partial charge in [-0.05, 0) is 18.8 Å². The van der Waals surface area contributed by atoms with Crippen LogP contribution in [0.15, 0.2) is 12.4 Å². The summed E-state index contributed by atoms with van der Waals surface area (Å²) in [6.07, 6.45) is 5.65. The van der Waals surface area contributed by atoms with Gasteiger partial charge >= 0.3 is 0 Å². The summed E-state index contributed by atoms with van der Waals surface area (Å²) < 4.78 is 1.67. The van der Waals surface area contributed by atoms with Crippen molar-refractivity contribution in [1.29, 1.82) is 0 Å². The maximum atomic E-state index is 12.0. The number of amides is 1. The fraction of sp³-hybridized carbons (Fsp3) is 0.636. The van der Waals surface area contributed by atoms with Crippen molar-refractivity contribution in [3.8, 4) is 0 Å². The van der Waals surface area contributed by atoms with Crippen molar-refractivity contribution in [3.63, 3.8) is 0 Å². The molecule has 1 amide bonds. The Bertz CT molecular complexity index is 350. The largest absolute Gasteiger partial charge is 0.339 e. The van der Waals surface area contributed by atoms with Gasteiger partial charge in [-0.25, -0.2) is 0 Å². The van der Waals surface area contributed by atoms with Gasteiger partial charge in [-0.3, -0.25) is 9.48 Å². The van der Waals surface area contributed by atoms with Crippen LogP contribution in [0.25, 0.3) is 0 Å². The van der Waals surface area contributed by atoms with Crippen LogP contribution in [0.3, 0.4) is 0 Å². The Morgan fingerprint density at radius 1 is 1.47 bits per heavy atom. The van der Waals surface area contributed by atoms with Crippen LogP contribution >= 0.6 is 0 Å². The minimum Gasteiger partial charge on any atom is -0.339 e. The first-order valence-electron chi connectivity index (χ1n) is 5.44. The van der Waals surface area contributed by atoms with E-state index >= 15 is 0 Å². The maximum absolute atomic E-state index is 12.0. The molecule has 0 atom stereocenters. The van der Waals surface area contributed by atoms with Crippen molar-refractivity contribution in [2.24, 2.45) is 13.0 Å². The number of carbonyl (C=O) groups excluding carboxylic acids is 1. The first-order chi connectivity index (χ1) is 7.16. The molecule has 15 heavy (non-hydrogen) atoms. The van der Waals surface area contributed by atoms with Crippen LogP contribution in [-0.2, 0) is 7.05 Å². The molecule has 4 heteroatoms. The Labute approximate surface area is 89.9 Å². The summed E-state index contributed by atoms with van der Waals surface area (Å²) in [5.74, 6) is 0.873. The van der Waals surface area contributed by atoms with Crippen molar-refractivity contribution < 1.29 is 4.79 Å². The van der Waals surface area contributed by atoms with Gasteiger partial charge in [0.2, 0.25) is 0 Å². The van der Waals surface area contributed by atoms with Gasteiger partial charge < -0.3 is 4.90 Å². The van der Waals surface area contributed by atoms with E-state index in [2.05, 4.69) is 12.0 Å². The smallest absolute Gasteiger partial charge is 0.257 e. The van der Waals surface area contributed by atoms with Gasteiger partial charge in [-0.15, -0.1) is 0 Å². The lowest BCUT2D eigenvalue weighted by atomic mass is 9.99. The third-order valence-electron chi connectivity index (χ3n) is 3.02. The Kier molecular flexibility index (Phi) is 2.75. The average Bonchev–Trinajstić information content (AvgIpc) is 2.65. The number of likely N-dealkylation sites (tertiary alicyclic amines) is 1. The highest BCUT2D eigenvalue weighted by molar-refractivity contribution is 5.93. The molecule has 2 heterocycles. The number of aryl methyl sites for hydroxylation is 1. The van der Waals surface area contributed by atoms with Crippen LogP contribution in [0.4, 0.5) is 0 Å². The van der Waals surface area contributed by atoms with Crippen LogP contribution in [-0.4, -0.2) is 33.7 Å². The molecule has 0 spiro atoms. The molecular weight excluding hydrogens is 190 g/mol. The molecule has 4 nitrogen and oxygen atoms in total. The van der Waals surface area contributed by atoms with Crippen LogP contribution in [0.2, 0.25) is 0 Å². The van der Waals surface area contributed by atoms with Crippen LogP contribution in [0, 0.1) is 5.92 Å². The van der Waals surface area contributed by atoms with Gasteiger partial charge in [0.15, 0.2) is 0 Å². The predicted molar refractivity (Wildman–Crippen MR) is 57.5 cm³/mol. The number of rotatable bonds is 1. The third kappa shape index (κ3) is 2.19. The summed E-state index contributed by atoms with van der Waals surface area (Å²) in [5.41, 5.74) is 0.701. The second-order valence-corrected chi connectivity index (χ2v) is 4.38. The second kappa shape index (κ2) is 4.04. The van der Waals surface area contributed by atoms with E-state index in [1.54, 1.807) is 17.1 Å². The summed E-state index contributed by atoms with van der Waals surface area (Å²) in [4.78, 5) is 13.9. The summed E-state index contributed by atoms with van der Waals surface area (Å²) in [6, 6.07) is 0. The zero-order chi connectivity index (χ0) is 10.8. The van der Waals surface area contributed by atoms with Crippen molar-refractivity contribution in [1.82, 2.24) is 14.7 Å². The minimum atomic E-state index is 0.120. The van der Waals surface area contributed by atoms with Crippen LogP contribution in [0.1, 0.15) is 30.1 Å². The lowest BCUT2D eigenvalue weighted by Gasteiger charge is -2.29. The number of hydrogen-bond acceptors (Lipinski definition) is 2. The zero-order valence-electron chi connectivity index (χ0n) is 9.31. The second-order valence-electron chi connectivity index (χ2n) is 4.38. The highest BCUT2D eigenvalue weighted by Crippen LogP contribution is 2.17. The maximum Gasteiger partial charge on any atom is 0.257 e. The molecule has 2 rings (SSSR count). The van der Waals surface area contributed by atoms with Crippen molar-refractivity contribution in [2.75, 3.05) is 13.1 Å². The highest BCUT2D eigenvalue weighted by atomic mass is 16.2. The summed E-state index contributed by atoms with van der Waals surface area (Å²) in [5, 5.41) is 4.02. The monoisotopic (exact) mass is 207 g/mol. The normalized spacial score (nSPS) is 18.1. The lowest BCUT2D eigenvalue weighted by molar-refractivity contribution is 0.0697. The topological polar surface area (TPSA) is 38.1 Å². The third-order valence-corrected chi connectivity index (χ3v) is 3.02. The van der Waals surface area contributed by atoms with Gasteiger partial charge in [0.05, 0.1) is 11.8 Å². The summed E-state index contributed by atoms with van der Waals surface area (Å²) in [7, 11) is 1.83. The van der Waals surface area contributed by atoms with Gasteiger partial charge in [0.1, 0.15) is 0 Å². The standard InChI is InChI=1S/C11H17N3O/c1-9-3-5-14(6-4-9)11(15)10-7-12-13(2)8-10/h7-9H,3-6H2,1-2H3. The fourth-order valence-electron chi connectivity index (χ4n) is 1.93. The molecule has 0 radical (unpaired) electrons. The van der Waals surface area contributed by atoms with Gasteiger partial charge in [0, 0.05) is 26.3 Å². The number of piperidine rings is 1. The summed E-state index contributed by atoms with van der Waals surface area (Å²) in [6.45, 7) is 4.01. The molecule has 1 aliphatic heterocycles. The summed E-state index contributed by atoms with van der Waals surface area (Å²) >= 11 is 0. The van der Waals surface area contributed by atoms with E-state index in [4.69, 9.17) is 0 Å². The van der Waals surface area contributed by atoms with E-state index in [-0.39, 0.29) is 5.91 Å². The quantitative estimate of drug-likeness (QED) is 0.696. The van der Waals surface area contributed by atoms with Crippen molar-refractivity contribution in [2.45, 2.75) is 19.8 Å². The fourth-order valence-corrected chi connectivity index (χ4v) is 1.93. The average molecular weight is 207 g/mol. The van der Waals surface area contributed by atoms with E-state index in [1.807, 2.05) is 11.9 Å². The number of nitrogens with zero attached hydrogens (tertiary/aromatic N) is 3. The lowest BCUT2D eigenvalue weighted by Crippen LogP contribution is -2.37. The predicted octanol–water partition coefficient (Wildman–Crippen LogP) is 1.29. The van der Waals surface area contributed by atoms with Gasteiger partial charge in [-0.2, -0.15) is 5.10 Å². The first-order valence-corrected chi connectivity index (χ1v) is 5.44. The molecular formula is C11H17N3O. The van der Waals surface area contributed by atoms with Gasteiger partial charge in [-0.1, -0.05) is 6.92 Å². The molecule has 0 saturated carbocycles. The molecule has 1 saturated heterocycles. The van der Waals surface area contributed by atoms with Crippen molar-refractivity contribution >= 4 is 5.91 Å². The Morgan fingerprint density at radius 2 is 2.13 bits per heavy atom. The van der Waals surface area contributed by atoms with E-state index in [9.17, 15) is 4.79 Å². The van der Waals surface area contributed by atoms with Crippen LogP contribution < -0.4 is 0 Å². The highest BCUT2D eigenvalue weighted by Gasteiger charge is 2.21. The minimum absolute atomic E-state index is 0.120. The Morgan fingerprint density at radius 3 is 2.67 bits per heavy atom. The molecule has 82 valence electrons.